The van der Waals surface area contributed by atoms with Crippen LogP contribution >= 0.6 is 0 Å². The number of fused-ring (bicyclic) bond motifs is 5. The summed E-state index contributed by atoms with van der Waals surface area (Å²) in [6.45, 7) is 4.51. The van der Waals surface area contributed by atoms with Gasteiger partial charge in [0, 0.05) is 18.3 Å². The number of ketones is 1. The largest absolute Gasteiger partial charge is 0.299 e. The van der Waals surface area contributed by atoms with E-state index in [1.54, 1.807) is 0 Å². The van der Waals surface area contributed by atoms with E-state index in [4.69, 9.17) is 0 Å². The van der Waals surface area contributed by atoms with Crippen molar-refractivity contribution in [1.29, 1.82) is 0 Å². The van der Waals surface area contributed by atoms with Crippen LogP contribution in [0.25, 0.3) is 0 Å². The molecule has 0 aliphatic heterocycles. The summed E-state index contributed by atoms with van der Waals surface area (Å²) >= 11 is 0. The van der Waals surface area contributed by atoms with Gasteiger partial charge in [-0.15, -0.1) is 0 Å². The summed E-state index contributed by atoms with van der Waals surface area (Å²) in [6, 6.07) is 6.86. The van der Waals surface area contributed by atoms with Crippen molar-refractivity contribution in [2.45, 2.75) is 50.9 Å². The minimum absolute atomic E-state index is 0.134. The van der Waals surface area contributed by atoms with Gasteiger partial charge in [-0.05, 0) is 47.3 Å². The third-order valence-electron chi connectivity index (χ3n) is 5.75. The van der Waals surface area contributed by atoms with Crippen LogP contribution in [0.4, 0.5) is 0 Å². The molecule has 0 radical (unpaired) electrons. The van der Waals surface area contributed by atoms with E-state index in [9.17, 15) is 4.79 Å². The quantitative estimate of drug-likeness (QED) is 0.698. The number of carbonyl (C=O) groups excluding carboxylic acids is 1. The molecule has 2 bridgehead atoms. The maximum atomic E-state index is 12.3. The van der Waals surface area contributed by atoms with E-state index in [2.05, 4.69) is 44.2 Å². The van der Waals surface area contributed by atoms with Crippen molar-refractivity contribution in [1.82, 2.24) is 0 Å². The zero-order chi connectivity index (χ0) is 13.9. The summed E-state index contributed by atoms with van der Waals surface area (Å²) in [7, 11) is 0. The van der Waals surface area contributed by atoms with Gasteiger partial charge < -0.3 is 0 Å². The van der Waals surface area contributed by atoms with Gasteiger partial charge >= 0.3 is 0 Å². The SMILES string of the molecule is CC(C)c1ccc2c(c1)C1(CC(=O)C2)CC2C=CC1C2. The number of benzene rings is 1. The molecule has 0 N–H and O–H groups in total. The van der Waals surface area contributed by atoms with Crippen LogP contribution in [0.2, 0.25) is 0 Å². The van der Waals surface area contributed by atoms with Gasteiger partial charge in [0.05, 0.1) is 0 Å². The highest BCUT2D eigenvalue weighted by Gasteiger charge is 2.52. The molecule has 1 nitrogen and oxygen atoms in total. The molecular weight excluding hydrogens is 244 g/mol. The van der Waals surface area contributed by atoms with Crippen LogP contribution in [0.5, 0.6) is 0 Å². The summed E-state index contributed by atoms with van der Waals surface area (Å²) in [4.78, 5) is 12.3. The molecule has 1 aromatic carbocycles. The highest BCUT2D eigenvalue weighted by molar-refractivity contribution is 5.85. The predicted molar refractivity (Wildman–Crippen MR) is 80.9 cm³/mol. The second kappa shape index (κ2) is 4.07. The lowest BCUT2D eigenvalue weighted by Gasteiger charge is -2.40. The predicted octanol–water partition coefficient (Wildman–Crippen LogP) is 4.16. The van der Waals surface area contributed by atoms with Crippen molar-refractivity contribution in [3.8, 4) is 0 Å². The Labute approximate surface area is 121 Å². The lowest BCUT2D eigenvalue weighted by molar-refractivity contribution is -0.120. The maximum Gasteiger partial charge on any atom is 0.138 e. The summed E-state index contributed by atoms with van der Waals surface area (Å²) in [5.41, 5.74) is 4.35. The van der Waals surface area contributed by atoms with E-state index < -0.39 is 0 Å². The van der Waals surface area contributed by atoms with Crippen LogP contribution in [-0.2, 0) is 16.6 Å². The molecule has 3 atom stereocenters. The molecule has 1 heteroatoms. The Morgan fingerprint density at radius 2 is 2.10 bits per heavy atom. The number of hydrogen-bond acceptors (Lipinski definition) is 1. The van der Waals surface area contributed by atoms with Gasteiger partial charge in [0.15, 0.2) is 0 Å². The Morgan fingerprint density at radius 1 is 1.25 bits per heavy atom. The molecule has 3 aliphatic rings. The Hall–Kier alpha value is -1.37. The molecule has 3 aliphatic carbocycles. The number of carbonyl (C=O) groups is 1. The van der Waals surface area contributed by atoms with E-state index in [0.29, 0.717) is 30.0 Å². The number of hydrogen-bond donors (Lipinski definition) is 0. The first-order valence-corrected chi connectivity index (χ1v) is 7.92. The summed E-state index contributed by atoms with van der Waals surface area (Å²) in [5.74, 6) is 2.30. The van der Waals surface area contributed by atoms with Gasteiger partial charge in [-0.3, -0.25) is 4.79 Å². The van der Waals surface area contributed by atoms with E-state index >= 15 is 0 Å². The van der Waals surface area contributed by atoms with Crippen molar-refractivity contribution in [3.05, 3.63) is 47.0 Å². The van der Waals surface area contributed by atoms with Gasteiger partial charge in [0.1, 0.15) is 5.78 Å². The molecule has 1 fully saturated rings. The van der Waals surface area contributed by atoms with Crippen LogP contribution in [0.15, 0.2) is 30.4 Å². The van der Waals surface area contributed by atoms with Gasteiger partial charge in [0.2, 0.25) is 0 Å². The molecule has 0 heterocycles. The van der Waals surface area contributed by atoms with Crippen LogP contribution in [0, 0.1) is 11.8 Å². The molecule has 1 aromatic rings. The zero-order valence-electron chi connectivity index (χ0n) is 12.4. The van der Waals surface area contributed by atoms with Crippen LogP contribution < -0.4 is 0 Å². The molecule has 4 rings (SSSR count). The highest BCUT2D eigenvalue weighted by atomic mass is 16.1. The summed E-state index contributed by atoms with van der Waals surface area (Å²) in [5, 5.41) is 0. The number of Topliss-reactive ketones (excluding diaryl/α,β-unsaturated/α-hetero) is 1. The molecule has 0 amide bonds. The first-order chi connectivity index (χ1) is 9.58. The monoisotopic (exact) mass is 266 g/mol. The van der Waals surface area contributed by atoms with Crippen molar-refractivity contribution in [2.75, 3.05) is 0 Å². The van der Waals surface area contributed by atoms with E-state index in [0.717, 1.165) is 6.42 Å². The third kappa shape index (κ3) is 1.58. The van der Waals surface area contributed by atoms with Crippen LogP contribution in [-0.4, -0.2) is 5.78 Å². The fourth-order valence-corrected chi connectivity index (χ4v) is 4.76. The topological polar surface area (TPSA) is 17.1 Å². The highest BCUT2D eigenvalue weighted by Crippen LogP contribution is 2.57. The molecule has 20 heavy (non-hydrogen) atoms. The lowest BCUT2D eigenvalue weighted by atomic mass is 9.62. The molecule has 3 unspecified atom stereocenters. The number of allylic oxidation sites excluding steroid dienone is 2. The second-order valence-corrected chi connectivity index (χ2v) is 7.31. The first-order valence-electron chi connectivity index (χ1n) is 7.92. The molecule has 104 valence electrons. The van der Waals surface area contributed by atoms with Gasteiger partial charge in [-0.25, -0.2) is 0 Å². The minimum Gasteiger partial charge on any atom is -0.299 e. The molecule has 1 spiro atoms. The standard InChI is InChI=1S/C19H22O/c1-12(2)14-4-5-15-8-17(20)11-19(18(15)9-14)10-13-3-6-16(19)7-13/h3-6,9,12-13,16H,7-8,10-11H2,1-2H3. The molecular formula is C19H22O. The van der Waals surface area contributed by atoms with Crippen molar-refractivity contribution in [2.24, 2.45) is 11.8 Å². The number of rotatable bonds is 1. The van der Waals surface area contributed by atoms with Crippen molar-refractivity contribution >= 4 is 5.78 Å². The second-order valence-electron chi connectivity index (χ2n) is 7.31. The van der Waals surface area contributed by atoms with Crippen molar-refractivity contribution < 1.29 is 4.79 Å². The Morgan fingerprint density at radius 3 is 2.75 bits per heavy atom. The average Bonchev–Trinajstić information content (AvgIpc) is 2.99. The van der Waals surface area contributed by atoms with Crippen LogP contribution in [0.1, 0.15) is 55.7 Å². The zero-order valence-corrected chi connectivity index (χ0v) is 12.4. The average molecular weight is 266 g/mol. The van der Waals surface area contributed by atoms with Gasteiger partial charge in [-0.2, -0.15) is 0 Å². The Balaban J connectivity index is 1.89. The molecule has 1 saturated carbocycles. The van der Waals surface area contributed by atoms with E-state index in [1.165, 1.54) is 29.5 Å². The van der Waals surface area contributed by atoms with Gasteiger partial charge in [0.25, 0.3) is 0 Å². The maximum absolute atomic E-state index is 12.3. The van der Waals surface area contributed by atoms with E-state index in [-0.39, 0.29) is 5.41 Å². The fraction of sp³-hybridized carbons (Fsp3) is 0.526. The summed E-state index contributed by atoms with van der Waals surface area (Å²) in [6.07, 6.45) is 8.64. The first kappa shape index (κ1) is 12.4. The van der Waals surface area contributed by atoms with Gasteiger partial charge in [-0.1, -0.05) is 44.2 Å². The lowest BCUT2D eigenvalue weighted by Crippen LogP contribution is -2.39. The smallest absolute Gasteiger partial charge is 0.138 e. The third-order valence-corrected chi connectivity index (χ3v) is 5.75. The normalized spacial score (nSPS) is 34.2. The Kier molecular flexibility index (Phi) is 2.52. The minimum atomic E-state index is 0.134. The fourth-order valence-electron chi connectivity index (χ4n) is 4.76. The molecule has 0 saturated heterocycles. The summed E-state index contributed by atoms with van der Waals surface area (Å²) < 4.78 is 0. The van der Waals surface area contributed by atoms with Crippen LogP contribution in [0.3, 0.4) is 0 Å². The Bertz CT molecular complexity index is 610. The molecule has 0 aromatic heterocycles. The van der Waals surface area contributed by atoms with Crippen molar-refractivity contribution in [3.63, 3.8) is 0 Å². The van der Waals surface area contributed by atoms with E-state index in [1.807, 2.05) is 0 Å².